The number of alkyl carbamates (subject to hydrolysis) is 2. The molecule has 9 unspecified atom stereocenters. The molecule has 21 heteroatoms. The molecule has 7 aliphatic rings. The smallest absolute Gasteiger partial charge is 0.410 e. The van der Waals surface area contributed by atoms with Gasteiger partial charge in [-0.05, 0) is 42.3 Å². The maximum Gasteiger partial charge on any atom is 0.410 e. The Labute approximate surface area is 387 Å². The summed E-state index contributed by atoms with van der Waals surface area (Å²) in [6.45, 7) is 3.22. The second-order valence-electron chi connectivity index (χ2n) is 18.7. The minimum atomic E-state index is -1.34. The molecular weight excluding hydrogens is 877 g/mol. The van der Waals surface area contributed by atoms with Crippen LogP contribution in [0.1, 0.15) is 69.9 Å². The van der Waals surface area contributed by atoms with Crippen LogP contribution in [0.4, 0.5) is 14.4 Å². The molecule has 0 radical (unpaired) electrons. The van der Waals surface area contributed by atoms with Gasteiger partial charge in [-0.25, -0.2) is 14.4 Å². The van der Waals surface area contributed by atoms with Gasteiger partial charge in [0, 0.05) is 36.6 Å². The molecule has 9 rings (SSSR count). The number of nitrogens with zero attached hydrogens (tertiary/aromatic N) is 4. The van der Waals surface area contributed by atoms with E-state index in [0.717, 1.165) is 30.4 Å². The monoisotopic (exact) mass is 936 g/mol. The van der Waals surface area contributed by atoms with Crippen LogP contribution < -0.4 is 10.6 Å². The van der Waals surface area contributed by atoms with Gasteiger partial charge in [-0.1, -0.05) is 86.0 Å². The fraction of sp³-hybridized carbons (Fsp3) is 0.674. The first kappa shape index (κ1) is 47.3. The zero-order chi connectivity index (χ0) is 46.8. The summed E-state index contributed by atoms with van der Waals surface area (Å²) in [4.78, 5) is 44.7. The Balaban J connectivity index is 0.961. The van der Waals surface area contributed by atoms with E-state index in [1.807, 2.05) is 67.6 Å². The van der Waals surface area contributed by atoms with Crippen molar-refractivity contribution in [3.8, 4) is 0 Å². The molecule has 67 heavy (non-hydrogen) atoms. The molecule has 5 heterocycles. The normalized spacial score (nSPS) is 38.6. The number of amides is 3. The van der Waals surface area contributed by atoms with Gasteiger partial charge in [0.1, 0.15) is 49.7 Å². The minimum Gasteiger partial charge on any atom is -0.445 e. The van der Waals surface area contributed by atoms with Gasteiger partial charge in [-0.3, -0.25) is 4.90 Å². The molecule has 7 fully saturated rings. The average molecular weight is 937 g/mol. The average Bonchev–Trinajstić information content (AvgIpc) is 3.85. The summed E-state index contributed by atoms with van der Waals surface area (Å²) in [7, 11) is 1.53. The first-order valence-electron chi connectivity index (χ1n) is 23.3. The summed E-state index contributed by atoms with van der Waals surface area (Å²) in [5.41, 5.74) is 11.0. The lowest BCUT2D eigenvalue weighted by molar-refractivity contribution is -0.367. The highest BCUT2D eigenvalue weighted by atomic mass is 16.8. The fourth-order valence-corrected chi connectivity index (χ4v) is 10.6. The van der Waals surface area contributed by atoms with Crippen LogP contribution in [0.15, 0.2) is 65.8 Å². The molecule has 4 N–H and O–H groups in total. The van der Waals surface area contributed by atoms with Crippen LogP contribution in [0.2, 0.25) is 0 Å². The lowest BCUT2D eigenvalue weighted by Crippen LogP contribution is -2.67. The molecule has 21 nitrogen and oxygen atoms in total. The molecule has 364 valence electrons. The topological polar surface area (TPSA) is 260 Å². The molecule has 5 saturated heterocycles. The van der Waals surface area contributed by atoms with Gasteiger partial charge in [-0.15, -0.1) is 0 Å². The lowest BCUT2D eigenvalue weighted by atomic mass is 9.83. The van der Waals surface area contributed by atoms with E-state index in [0.29, 0.717) is 19.3 Å². The van der Waals surface area contributed by atoms with Crippen molar-refractivity contribution in [1.82, 2.24) is 15.5 Å². The Morgan fingerprint density at radius 1 is 0.821 bits per heavy atom. The predicted molar refractivity (Wildman–Crippen MR) is 230 cm³/mol. The number of rotatable bonds is 12. The Hall–Kier alpha value is -4.80. The highest BCUT2D eigenvalue weighted by molar-refractivity contribution is 5.71. The number of aliphatic hydroxyl groups is 2. The summed E-state index contributed by atoms with van der Waals surface area (Å²) in [6.07, 6.45) is -7.92. The zero-order valence-corrected chi connectivity index (χ0v) is 37.7. The van der Waals surface area contributed by atoms with Crippen LogP contribution in [0.25, 0.3) is 10.4 Å². The van der Waals surface area contributed by atoms with Gasteiger partial charge in [0.2, 0.25) is 0 Å². The number of fused-ring (bicyclic) bond motifs is 4. The van der Waals surface area contributed by atoms with Gasteiger partial charge in [-0.2, -0.15) is 0 Å². The van der Waals surface area contributed by atoms with Crippen molar-refractivity contribution in [2.24, 2.45) is 17.0 Å². The van der Waals surface area contributed by atoms with E-state index in [-0.39, 0.29) is 25.6 Å². The number of ether oxygens (including phenoxy) is 10. The number of nitrogens with one attached hydrogen (secondary N) is 2. The maximum absolute atomic E-state index is 13.7. The third-order valence-electron chi connectivity index (χ3n) is 14.2. The number of likely N-dealkylation sites (N-methyl/N-ethyl adjacent to an activating group) is 1. The predicted octanol–water partition coefficient (Wildman–Crippen LogP) is 4.51. The Morgan fingerprint density at radius 3 is 2.10 bits per heavy atom. The van der Waals surface area contributed by atoms with Crippen molar-refractivity contribution < 1.29 is 72.0 Å². The van der Waals surface area contributed by atoms with Gasteiger partial charge in [0.05, 0.1) is 37.0 Å². The number of carbonyl (C=O) groups is 3. The van der Waals surface area contributed by atoms with E-state index in [9.17, 15) is 30.1 Å². The second-order valence-corrected chi connectivity index (χ2v) is 18.7. The summed E-state index contributed by atoms with van der Waals surface area (Å²) in [5, 5.41) is 30.9. The number of hydrogen-bond donors (Lipinski definition) is 4. The second kappa shape index (κ2) is 20.4. The molecule has 2 aromatic rings. The molecule has 0 bridgehead atoms. The number of carbonyl (C=O) groups excluding carboxylic acids is 3. The van der Waals surface area contributed by atoms with E-state index in [4.69, 9.17) is 47.4 Å². The third kappa shape index (κ3) is 10.0. The van der Waals surface area contributed by atoms with Gasteiger partial charge >= 0.3 is 18.3 Å². The largest absolute Gasteiger partial charge is 0.445 e. The quantitative estimate of drug-likeness (QED) is 0.0988. The fourth-order valence-electron chi connectivity index (χ4n) is 10.6. The first-order valence-corrected chi connectivity index (χ1v) is 23.3. The van der Waals surface area contributed by atoms with Crippen LogP contribution in [0, 0.1) is 11.8 Å². The van der Waals surface area contributed by atoms with Gasteiger partial charge in [0.25, 0.3) is 0 Å². The Morgan fingerprint density at radius 2 is 1.46 bits per heavy atom. The van der Waals surface area contributed by atoms with E-state index in [1.165, 1.54) is 11.9 Å². The Bertz CT molecular complexity index is 2080. The molecule has 3 amide bonds. The van der Waals surface area contributed by atoms with E-state index in [1.54, 1.807) is 6.92 Å². The highest BCUT2D eigenvalue weighted by Gasteiger charge is 2.62. The number of hydrogen-bond acceptors (Lipinski definition) is 16. The van der Waals surface area contributed by atoms with Crippen LogP contribution in [-0.4, -0.2) is 145 Å². The molecule has 2 aliphatic carbocycles. The number of azide groups is 1. The molecule has 0 aromatic heterocycles. The number of aliphatic hydroxyl groups excluding tert-OH is 2. The zero-order valence-electron chi connectivity index (χ0n) is 37.7. The summed E-state index contributed by atoms with van der Waals surface area (Å²) >= 11 is 0. The van der Waals surface area contributed by atoms with Gasteiger partial charge < -0.3 is 68.2 Å². The molecule has 1 spiro atoms. The maximum atomic E-state index is 13.7. The standard InChI is InChI=1S/C46H60N6O15/c1-24-19-30-37(38-33(52(3)45(57)64-38)42(60-30)65-41-32(50-51-47)34(54)25(2)31(21-53)61-41)63-40(24)62-35-28(48-43(55)58-22-26-13-7-4-8-14-26)20-29(49-44(56)59-23-27-15-9-5-10-16-27)36-39(35)67-46(66-36)17-11-6-12-18-46/h4-5,7-10,13-16,24-25,28-42,53-54H,6,11-12,17-23H2,1-3H3,(H,48,55)(H,49,56)/t24?,25-,28?,29-,30+,31?,32?,33?,34+,35-,36?,37?,38?,39+,40+,41-,42?/m1/s1. The van der Waals surface area contributed by atoms with Gasteiger partial charge in [0.15, 0.2) is 30.8 Å². The summed E-state index contributed by atoms with van der Waals surface area (Å²) < 4.78 is 63.8. The Kier molecular flexibility index (Phi) is 14.4. The van der Waals surface area contributed by atoms with Crippen molar-refractivity contribution in [3.05, 3.63) is 82.2 Å². The number of benzene rings is 2. The van der Waals surface area contributed by atoms with E-state index >= 15 is 0 Å². The lowest BCUT2D eigenvalue weighted by Gasteiger charge is -2.51. The van der Waals surface area contributed by atoms with E-state index < -0.39 is 128 Å². The minimum absolute atomic E-state index is 0.0141. The van der Waals surface area contributed by atoms with Crippen molar-refractivity contribution in [1.29, 1.82) is 0 Å². The molecule has 17 atom stereocenters. The van der Waals surface area contributed by atoms with Crippen molar-refractivity contribution in [3.63, 3.8) is 0 Å². The van der Waals surface area contributed by atoms with Crippen molar-refractivity contribution in [2.45, 2.75) is 170 Å². The van der Waals surface area contributed by atoms with Crippen LogP contribution in [-0.2, 0) is 60.6 Å². The SMILES string of the molecule is CC1C[C@@H]2OC(O[C@H]3OC(CO)[C@@H](C)[C@H](O)C3N=[N+]=[N-])C3C(OC(=O)N3C)C2O[C@@H]1O[C@@H]1C(NC(=O)OCc2ccccc2)C[C@@H](NC(=O)OCc2ccccc2)C2OC3(CCCCC3)O[C@H]21. The molecule has 5 aliphatic heterocycles. The van der Waals surface area contributed by atoms with Crippen molar-refractivity contribution in [2.75, 3.05) is 13.7 Å². The van der Waals surface area contributed by atoms with Crippen LogP contribution in [0.3, 0.4) is 0 Å². The first-order chi connectivity index (χ1) is 32.4. The van der Waals surface area contributed by atoms with Crippen LogP contribution >= 0.6 is 0 Å². The van der Waals surface area contributed by atoms with Crippen LogP contribution in [0.5, 0.6) is 0 Å². The molecular formula is C46H60N6O15. The molecule has 2 aromatic carbocycles. The summed E-state index contributed by atoms with van der Waals surface area (Å²) in [5.74, 6) is -1.89. The highest BCUT2D eigenvalue weighted by Crippen LogP contribution is 2.48. The van der Waals surface area contributed by atoms with Crippen molar-refractivity contribution >= 4 is 18.3 Å². The van der Waals surface area contributed by atoms with E-state index in [2.05, 4.69) is 20.7 Å². The third-order valence-corrected chi connectivity index (χ3v) is 14.2. The summed E-state index contributed by atoms with van der Waals surface area (Å²) in [6, 6.07) is 15.1. The molecule has 2 saturated carbocycles.